The molecule has 0 aliphatic heterocycles. The first kappa shape index (κ1) is 13.9. The third-order valence-corrected chi connectivity index (χ3v) is 4.30. The van der Waals surface area contributed by atoms with E-state index in [9.17, 15) is 9.59 Å². The number of halogens is 1. The van der Waals surface area contributed by atoms with Gasteiger partial charge in [-0.3, -0.25) is 9.59 Å². The summed E-state index contributed by atoms with van der Waals surface area (Å²) in [6, 6.07) is 0. The molecule has 0 fully saturated rings. The first-order chi connectivity index (χ1) is 9.11. The summed E-state index contributed by atoms with van der Waals surface area (Å²) in [4.78, 5) is 29.1. The van der Waals surface area contributed by atoms with Crippen molar-refractivity contribution in [2.45, 2.75) is 16.7 Å². The van der Waals surface area contributed by atoms with Crippen LogP contribution in [0.2, 0.25) is 0 Å². The van der Waals surface area contributed by atoms with E-state index in [1.165, 1.54) is 18.1 Å². The molecule has 0 saturated heterocycles. The van der Waals surface area contributed by atoms with Gasteiger partial charge in [0, 0.05) is 0 Å². The summed E-state index contributed by atoms with van der Waals surface area (Å²) in [6.45, 7) is -0.106. The Hall–Kier alpha value is -1.50. The molecule has 0 amide bonds. The number of carbonyl (C=O) groups is 1. The molecule has 0 aromatic carbocycles. The van der Waals surface area contributed by atoms with E-state index in [0.29, 0.717) is 13.8 Å². The average molecular weight is 394 g/mol. The van der Waals surface area contributed by atoms with Crippen molar-refractivity contribution in [2.24, 2.45) is 0 Å². The van der Waals surface area contributed by atoms with E-state index in [4.69, 9.17) is 0 Å². The molecule has 100 valence electrons. The van der Waals surface area contributed by atoms with Gasteiger partial charge >= 0.3 is 5.97 Å². The Kier molecular flexibility index (Phi) is 4.47. The van der Waals surface area contributed by atoms with Crippen molar-refractivity contribution in [2.75, 3.05) is 7.11 Å². The van der Waals surface area contributed by atoms with Gasteiger partial charge in [-0.2, -0.15) is 0 Å². The van der Waals surface area contributed by atoms with Crippen LogP contribution in [0.4, 0.5) is 0 Å². The van der Waals surface area contributed by atoms with Gasteiger partial charge in [-0.25, -0.2) is 9.67 Å². The van der Waals surface area contributed by atoms with Crippen LogP contribution in [0.1, 0.15) is 0 Å². The lowest BCUT2D eigenvalue weighted by Gasteiger charge is -2.03. The maximum absolute atomic E-state index is 11.4. The molecule has 11 heteroatoms. The van der Waals surface area contributed by atoms with Crippen molar-refractivity contribution < 1.29 is 9.53 Å². The van der Waals surface area contributed by atoms with Gasteiger partial charge in [0.2, 0.25) is 5.16 Å². The van der Waals surface area contributed by atoms with E-state index in [1.807, 2.05) is 22.6 Å². The first-order valence-corrected chi connectivity index (χ1v) is 6.75. The number of tetrazole rings is 1. The Morgan fingerprint density at radius 3 is 3.16 bits per heavy atom. The van der Waals surface area contributed by atoms with E-state index in [1.54, 1.807) is 0 Å². The van der Waals surface area contributed by atoms with Crippen LogP contribution in [0.25, 0.3) is 0 Å². The standard InChI is InChI=1S/C8H7IN6O3S/c1-18-4(16)2-15-8(12-13-14-15)19-7-5(9)6(17)10-3-11-7/h3H,2H2,1H3,(H,10,11,17). The molecule has 1 N–H and O–H groups in total. The SMILES string of the molecule is COC(=O)Cn1nnnc1Sc1nc[nH]c(=O)c1I. The van der Waals surface area contributed by atoms with Gasteiger partial charge in [0.05, 0.1) is 13.4 Å². The largest absolute Gasteiger partial charge is 0.468 e. The number of hydrogen-bond donors (Lipinski definition) is 1. The third kappa shape index (κ3) is 3.28. The molecule has 0 radical (unpaired) electrons. The highest BCUT2D eigenvalue weighted by atomic mass is 127. The molecule has 0 bridgehead atoms. The molecule has 2 rings (SSSR count). The van der Waals surface area contributed by atoms with Crippen molar-refractivity contribution in [3.05, 3.63) is 20.3 Å². The molecule has 9 nitrogen and oxygen atoms in total. The maximum atomic E-state index is 11.4. The Balaban J connectivity index is 2.24. The maximum Gasteiger partial charge on any atom is 0.327 e. The molecular weight excluding hydrogens is 387 g/mol. The summed E-state index contributed by atoms with van der Waals surface area (Å²) in [7, 11) is 1.28. The molecule has 2 heterocycles. The Morgan fingerprint density at radius 1 is 1.63 bits per heavy atom. The van der Waals surface area contributed by atoms with E-state index < -0.39 is 5.97 Å². The number of carbonyl (C=O) groups excluding carboxylic acids is 1. The number of nitrogens with one attached hydrogen (secondary N) is 1. The zero-order valence-corrected chi connectivity index (χ0v) is 12.5. The number of H-pyrrole nitrogens is 1. The van der Waals surface area contributed by atoms with Gasteiger partial charge < -0.3 is 9.72 Å². The zero-order valence-electron chi connectivity index (χ0n) is 9.53. The number of methoxy groups -OCH3 is 1. The zero-order chi connectivity index (χ0) is 13.8. The van der Waals surface area contributed by atoms with Gasteiger partial charge in [-0.1, -0.05) is 0 Å². The van der Waals surface area contributed by atoms with Gasteiger partial charge in [-0.15, -0.1) is 5.10 Å². The minimum absolute atomic E-state index is 0.106. The summed E-state index contributed by atoms with van der Waals surface area (Å²) < 4.78 is 6.24. The van der Waals surface area contributed by atoms with Crippen LogP contribution in [0.5, 0.6) is 0 Å². The molecule has 2 aromatic rings. The lowest BCUT2D eigenvalue weighted by atomic mass is 10.7. The lowest BCUT2D eigenvalue weighted by molar-refractivity contribution is -0.141. The fourth-order valence-electron chi connectivity index (χ4n) is 1.08. The number of ether oxygens (including phenoxy) is 1. The molecule has 0 spiro atoms. The van der Waals surface area contributed by atoms with Crippen molar-refractivity contribution in [3.8, 4) is 0 Å². The van der Waals surface area contributed by atoms with Crippen LogP contribution in [0, 0.1) is 3.57 Å². The third-order valence-electron chi connectivity index (χ3n) is 1.96. The van der Waals surface area contributed by atoms with Crippen LogP contribution >= 0.6 is 34.4 Å². The summed E-state index contributed by atoms with van der Waals surface area (Å²) >= 11 is 2.97. The Labute approximate surface area is 124 Å². The van der Waals surface area contributed by atoms with Crippen molar-refractivity contribution in [1.82, 2.24) is 30.2 Å². The Morgan fingerprint density at radius 2 is 2.42 bits per heavy atom. The van der Waals surface area contributed by atoms with E-state index in [2.05, 4.69) is 30.2 Å². The molecule has 2 aromatic heterocycles. The van der Waals surface area contributed by atoms with Gasteiger partial charge in [0.25, 0.3) is 5.56 Å². The molecule has 19 heavy (non-hydrogen) atoms. The quantitative estimate of drug-likeness (QED) is 0.427. The highest BCUT2D eigenvalue weighted by Gasteiger charge is 2.15. The smallest absolute Gasteiger partial charge is 0.327 e. The number of aromatic amines is 1. The number of rotatable bonds is 4. The van der Waals surface area contributed by atoms with E-state index >= 15 is 0 Å². The molecular formula is C8H7IN6O3S. The van der Waals surface area contributed by atoms with Crippen molar-refractivity contribution in [1.29, 1.82) is 0 Å². The number of esters is 1. The van der Waals surface area contributed by atoms with Gasteiger partial charge in [-0.05, 0) is 44.8 Å². The highest BCUT2D eigenvalue weighted by Crippen LogP contribution is 2.25. The van der Waals surface area contributed by atoms with Crippen LogP contribution in [-0.4, -0.2) is 43.3 Å². The lowest BCUT2D eigenvalue weighted by Crippen LogP contribution is -2.14. The first-order valence-electron chi connectivity index (χ1n) is 4.86. The monoisotopic (exact) mass is 394 g/mol. The fraction of sp³-hybridized carbons (Fsp3) is 0.250. The molecule has 0 saturated carbocycles. The second-order valence-corrected chi connectivity index (χ2v) is 5.18. The molecule has 0 unspecified atom stereocenters. The van der Waals surface area contributed by atoms with E-state index in [-0.39, 0.29) is 12.1 Å². The second-order valence-electron chi connectivity index (χ2n) is 3.15. The summed E-state index contributed by atoms with van der Waals surface area (Å²) in [5.74, 6) is -0.470. The summed E-state index contributed by atoms with van der Waals surface area (Å²) in [5.41, 5.74) is -0.245. The van der Waals surface area contributed by atoms with Crippen LogP contribution in [-0.2, 0) is 16.1 Å². The van der Waals surface area contributed by atoms with Gasteiger partial charge in [0.1, 0.15) is 15.1 Å². The number of hydrogen-bond acceptors (Lipinski definition) is 8. The number of nitrogens with zero attached hydrogens (tertiary/aromatic N) is 5. The second kappa shape index (κ2) is 6.10. The van der Waals surface area contributed by atoms with E-state index in [0.717, 1.165) is 11.8 Å². The van der Waals surface area contributed by atoms with Crippen molar-refractivity contribution in [3.63, 3.8) is 0 Å². The van der Waals surface area contributed by atoms with Crippen LogP contribution < -0.4 is 5.56 Å². The van der Waals surface area contributed by atoms with Gasteiger partial charge in [0.15, 0.2) is 0 Å². The topological polar surface area (TPSA) is 116 Å². The van der Waals surface area contributed by atoms with Crippen LogP contribution in [0.15, 0.2) is 21.3 Å². The minimum atomic E-state index is -0.470. The fourth-order valence-corrected chi connectivity index (χ4v) is 2.45. The predicted octanol–water partition coefficient (Wildman–Crippen LogP) is -0.315. The molecule has 0 atom stereocenters. The van der Waals surface area contributed by atoms with Crippen molar-refractivity contribution >= 4 is 40.3 Å². The average Bonchev–Trinajstić information content (AvgIpc) is 2.82. The number of aromatic nitrogens is 6. The highest BCUT2D eigenvalue weighted by molar-refractivity contribution is 14.1. The predicted molar refractivity (Wildman–Crippen MR) is 71.5 cm³/mol. The summed E-state index contributed by atoms with van der Waals surface area (Å²) in [6.07, 6.45) is 1.29. The summed E-state index contributed by atoms with van der Waals surface area (Å²) in [5, 5.41) is 11.7. The molecule has 0 aliphatic rings. The normalized spacial score (nSPS) is 10.4. The minimum Gasteiger partial charge on any atom is -0.468 e. The van der Waals surface area contributed by atoms with Crippen LogP contribution in [0.3, 0.4) is 0 Å². The Bertz CT molecular complexity index is 656. The molecule has 0 aliphatic carbocycles.